The monoisotopic (exact) mass is 267 g/mol. The Labute approximate surface area is 109 Å². The highest BCUT2D eigenvalue weighted by molar-refractivity contribution is 6.31. The van der Waals surface area contributed by atoms with Gasteiger partial charge in [-0.1, -0.05) is 18.5 Å². The SMILES string of the molecule is Bc1cnn(C(CC)c2ccc(C(F)(F)F)nc2)c1. The van der Waals surface area contributed by atoms with Crippen LogP contribution >= 0.6 is 0 Å². The van der Waals surface area contributed by atoms with E-state index in [2.05, 4.69) is 10.1 Å². The van der Waals surface area contributed by atoms with Gasteiger partial charge in [0.2, 0.25) is 0 Å². The molecule has 7 heteroatoms. The second kappa shape index (κ2) is 5.07. The minimum Gasteiger partial charge on any atom is -0.266 e. The Balaban J connectivity index is 2.30. The number of rotatable bonds is 3. The Morgan fingerprint density at radius 2 is 2.05 bits per heavy atom. The molecule has 0 saturated heterocycles. The van der Waals surface area contributed by atoms with E-state index in [-0.39, 0.29) is 6.04 Å². The topological polar surface area (TPSA) is 30.7 Å². The van der Waals surface area contributed by atoms with Crippen LogP contribution in [0.5, 0.6) is 0 Å². The fourth-order valence-corrected chi connectivity index (χ4v) is 1.95. The van der Waals surface area contributed by atoms with E-state index in [0.717, 1.165) is 23.5 Å². The molecular weight excluding hydrogens is 254 g/mol. The van der Waals surface area contributed by atoms with Crippen LogP contribution in [-0.4, -0.2) is 22.6 Å². The quantitative estimate of drug-likeness (QED) is 0.790. The highest BCUT2D eigenvalue weighted by Gasteiger charge is 2.32. The maximum atomic E-state index is 12.4. The van der Waals surface area contributed by atoms with E-state index in [1.165, 1.54) is 12.3 Å². The molecule has 0 aromatic carbocycles. The van der Waals surface area contributed by atoms with E-state index in [9.17, 15) is 13.2 Å². The van der Waals surface area contributed by atoms with Crippen molar-refractivity contribution in [2.75, 3.05) is 0 Å². The van der Waals surface area contributed by atoms with Gasteiger partial charge in [0.25, 0.3) is 0 Å². The lowest BCUT2D eigenvalue weighted by atomic mass is 10.0. The summed E-state index contributed by atoms with van der Waals surface area (Å²) in [5.41, 5.74) is 0.861. The Morgan fingerprint density at radius 3 is 2.47 bits per heavy atom. The highest BCUT2D eigenvalue weighted by atomic mass is 19.4. The molecule has 0 fully saturated rings. The van der Waals surface area contributed by atoms with Crippen molar-refractivity contribution in [3.8, 4) is 0 Å². The van der Waals surface area contributed by atoms with Crippen LogP contribution in [0.3, 0.4) is 0 Å². The molecular formula is C12H13BF3N3. The molecule has 0 amide bonds. The molecule has 0 spiro atoms. The summed E-state index contributed by atoms with van der Waals surface area (Å²) in [5.74, 6) is 0. The molecule has 2 aromatic heterocycles. The molecule has 1 atom stereocenters. The molecule has 19 heavy (non-hydrogen) atoms. The van der Waals surface area contributed by atoms with E-state index in [0.29, 0.717) is 0 Å². The number of alkyl halides is 3. The molecule has 0 saturated carbocycles. The first-order chi connectivity index (χ1) is 8.91. The van der Waals surface area contributed by atoms with Gasteiger partial charge >= 0.3 is 6.18 Å². The van der Waals surface area contributed by atoms with Gasteiger partial charge in [0, 0.05) is 18.6 Å². The molecule has 100 valence electrons. The van der Waals surface area contributed by atoms with Gasteiger partial charge in [-0.05, 0) is 18.1 Å². The summed E-state index contributed by atoms with van der Waals surface area (Å²) in [5, 5.41) is 4.20. The van der Waals surface area contributed by atoms with Gasteiger partial charge in [0.05, 0.1) is 6.04 Å². The second-order valence-electron chi connectivity index (χ2n) is 4.40. The zero-order valence-electron chi connectivity index (χ0n) is 10.6. The van der Waals surface area contributed by atoms with Gasteiger partial charge in [0.15, 0.2) is 0 Å². The van der Waals surface area contributed by atoms with Crippen molar-refractivity contribution in [2.24, 2.45) is 0 Å². The van der Waals surface area contributed by atoms with Gasteiger partial charge in [-0.3, -0.25) is 9.67 Å². The minimum absolute atomic E-state index is 0.0940. The lowest BCUT2D eigenvalue weighted by Crippen LogP contribution is -2.13. The summed E-state index contributed by atoms with van der Waals surface area (Å²) in [6.07, 6.45) is 1.19. The maximum absolute atomic E-state index is 12.4. The van der Waals surface area contributed by atoms with Crippen molar-refractivity contribution < 1.29 is 13.2 Å². The molecule has 0 radical (unpaired) electrons. The number of pyridine rings is 1. The predicted molar refractivity (Wildman–Crippen MR) is 68.1 cm³/mol. The maximum Gasteiger partial charge on any atom is 0.433 e. The van der Waals surface area contributed by atoms with E-state index in [1.54, 1.807) is 10.9 Å². The summed E-state index contributed by atoms with van der Waals surface area (Å²) >= 11 is 0. The van der Waals surface area contributed by atoms with Crippen molar-refractivity contribution in [2.45, 2.75) is 25.6 Å². The smallest absolute Gasteiger partial charge is 0.266 e. The number of nitrogens with zero attached hydrogens (tertiary/aromatic N) is 3. The Bertz CT molecular complexity index is 548. The van der Waals surface area contributed by atoms with Crippen LogP contribution in [0.1, 0.15) is 30.6 Å². The number of aromatic nitrogens is 3. The Hall–Kier alpha value is -1.79. The fourth-order valence-electron chi connectivity index (χ4n) is 1.95. The summed E-state index contributed by atoms with van der Waals surface area (Å²) in [6.45, 7) is 1.96. The van der Waals surface area contributed by atoms with E-state index in [1.807, 2.05) is 21.0 Å². The van der Waals surface area contributed by atoms with Crippen LogP contribution in [0.4, 0.5) is 13.2 Å². The largest absolute Gasteiger partial charge is 0.433 e. The average Bonchev–Trinajstić information content (AvgIpc) is 2.76. The van der Waals surface area contributed by atoms with Crippen LogP contribution in [0.15, 0.2) is 30.7 Å². The standard InChI is InChI=1S/C12H13BF3N3/c1-2-10(19-7-9(13)6-18-19)8-3-4-11(17-5-8)12(14,15)16/h3-7,10H,2,13H2,1H3. The second-order valence-corrected chi connectivity index (χ2v) is 4.40. The number of halogens is 3. The Morgan fingerprint density at radius 1 is 1.32 bits per heavy atom. The van der Waals surface area contributed by atoms with Gasteiger partial charge in [-0.15, -0.1) is 0 Å². The molecule has 0 aliphatic carbocycles. The summed E-state index contributed by atoms with van der Waals surface area (Å²) < 4.78 is 39.1. The minimum atomic E-state index is -4.40. The highest BCUT2D eigenvalue weighted by Crippen LogP contribution is 2.28. The van der Waals surface area contributed by atoms with Crippen LogP contribution in [0, 0.1) is 0 Å². The lowest BCUT2D eigenvalue weighted by molar-refractivity contribution is -0.141. The van der Waals surface area contributed by atoms with Gasteiger partial charge < -0.3 is 0 Å². The van der Waals surface area contributed by atoms with Crippen LogP contribution in [0.2, 0.25) is 0 Å². The lowest BCUT2D eigenvalue weighted by Gasteiger charge is -2.16. The molecule has 2 rings (SSSR count). The van der Waals surface area contributed by atoms with Crippen molar-refractivity contribution in [3.63, 3.8) is 0 Å². The summed E-state index contributed by atoms with van der Waals surface area (Å²) in [4.78, 5) is 3.49. The van der Waals surface area contributed by atoms with Crippen molar-refractivity contribution in [3.05, 3.63) is 42.0 Å². The molecule has 2 aromatic rings. The third-order valence-corrected chi connectivity index (χ3v) is 2.90. The molecule has 3 nitrogen and oxygen atoms in total. The summed E-state index contributed by atoms with van der Waals surface area (Å²) in [6, 6.07) is 2.37. The molecule has 0 N–H and O–H groups in total. The van der Waals surface area contributed by atoms with E-state index >= 15 is 0 Å². The zero-order chi connectivity index (χ0) is 14.0. The van der Waals surface area contributed by atoms with Crippen LogP contribution in [0.25, 0.3) is 0 Å². The van der Waals surface area contributed by atoms with Gasteiger partial charge in [-0.2, -0.15) is 18.3 Å². The normalized spacial score (nSPS) is 13.5. The van der Waals surface area contributed by atoms with Crippen molar-refractivity contribution in [1.29, 1.82) is 0 Å². The number of hydrogen-bond donors (Lipinski definition) is 0. The molecule has 0 bridgehead atoms. The average molecular weight is 267 g/mol. The van der Waals surface area contributed by atoms with Gasteiger partial charge in [-0.25, -0.2) is 0 Å². The first-order valence-corrected chi connectivity index (χ1v) is 5.95. The van der Waals surface area contributed by atoms with E-state index in [4.69, 9.17) is 0 Å². The fraction of sp³-hybridized carbons (Fsp3) is 0.333. The molecule has 0 aliphatic rings. The zero-order valence-corrected chi connectivity index (χ0v) is 10.6. The van der Waals surface area contributed by atoms with Crippen LogP contribution < -0.4 is 5.46 Å². The first-order valence-electron chi connectivity index (χ1n) is 5.95. The van der Waals surface area contributed by atoms with Crippen molar-refractivity contribution >= 4 is 13.3 Å². The van der Waals surface area contributed by atoms with E-state index < -0.39 is 11.9 Å². The molecule has 2 heterocycles. The Kier molecular flexibility index (Phi) is 3.64. The van der Waals surface area contributed by atoms with Crippen molar-refractivity contribution in [1.82, 2.24) is 14.8 Å². The summed E-state index contributed by atoms with van der Waals surface area (Å²) in [7, 11) is 1.92. The third kappa shape index (κ3) is 2.97. The first kappa shape index (κ1) is 13.6. The third-order valence-electron chi connectivity index (χ3n) is 2.90. The van der Waals surface area contributed by atoms with Crippen LogP contribution in [-0.2, 0) is 6.18 Å². The predicted octanol–water partition coefficient (Wildman–Crippen LogP) is 1.55. The number of hydrogen-bond acceptors (Lipinski definition) is 2. The van der Waals surface area contributed by atoms with Gasteiger partial charge in [0.1, 0.15) is 13.5 Å². The molecule has 1 unspecified atom stereocenters. The molecule has 0 aliphatic heterocycles.